The quantitative estimate of drug-likeness (QED) is 0.445. The highest BCUT2D eigenvalue weighted by atomic mass is 16.2. The molecule has 0 amide bonds. The largest absolute Gasteiger partial charge is 0.151 e. The van der Waals surface area contributed by atoms with Gasteiger partial charge in [0.05, 0.1) is 7.05 Å². The van der Waals surface area contributed by atoms with Gasteiger partial charge in [0.2, 0.25) is 0 Å². The molecule has 48 valence electrons. The molecular formula is C6H13NO. The molecule has 0 aromatic rings. The number of nitroso groups, excluding NO2 is 1. The summed E-state index contributed by atoms with van der Waals surface area (Å²) in [5.74, 6) is 0. The summed E-state index contributed by atoms with van der Waals surface area (Å²) < 4.78 is 0. The van der Waals surface area contributed by atoms with E-state index in [9.17, 15) is 0 Å². The second-order valence-electron chi connectivity index (χ2n) is 1.95. The Morgan fingerprint density at radius 2 is 1.12 bits per heavy atom. The topological polar surface area (TPSA) is 29.4 Å². The highest BCUT2D eigenvalue weighted by Gasteiger charge is 1.95. The summed E-state index contributed by atoms with van der Waals surface area (Å²) in [5, 5.41) is 2.25. The summed E-state index contributed by atoms with van der Waals surface area (Å²) >= 11 is 0. The lowest BCUT2D eigenvalue weighted by Crippen LogP contribution is -1.47. The van der Waals surface area contributed by atoms with Crippen LogP contribution in [0.3, 0.4) is 0 Å². The van der Waals surface area contributed by atoms with Crippen molar-refractivity contribution in [2.45, 2.75) is 32.1 Å². The van der Waals surface area contributed by atoms with Crippen LogP contribution in [-0.2, 0) is 0 Å². The van der Waals surface area contributed by atoms with Gasteiger partial charge in [-0.05, 0) is 0 Å². The van der Waals surface area contributed by atoms with Gasteiger partial charge >= 0.3 is 0 Å². The maximum atomic E-state index is 8.56. The van der Waals surface area contributed by atoms with Gasteiger partial charge in [0.25, 0.3) is 0 Å². The van der Waals surface area contributed by atoms with Gasteiger partial charge in [-0.3, -0.25) is 0 Å². The molecule has 1 fully saturated rings. The molecule has 0 unspecified atom stereocenters. The molecule has 0 saturated heterocycles. The van der Waals surface area contributed by atoms with E-state index >= 15 is 0 Å². The van der Waals surface area contributed by atoms with Crippen LogP contribution in [0.25, 0.3) is 0 Å². The van der Waals surface area contributed by atoms with Crippen molar-refractivity contribution in [1.82, 2.24) is 0 Å². The molecule has 2 heteroatoms. The predicted molar refractivity (Wildman–Crippen MR) is 34.8 cm³/mol. The van der Waals surface area contributed by atoms with E-state index in [2.05, 4.69) is 5.18 Å². The molecule has 1 aliphatic carbocycles. The fraction of sp³-hybridized carbons (Fsp3) is 1.00. The first-order valence-electron chi connectivity index (χ1n) is 3.13. The average molecular weight is 115 g/mol. The Hall–Kier alpha value is -0.400. The summed E-state index contributed by atoms with van der Waals surface area (Å²) in [5.41, 5.74) is 0. The van der Waals surface area contributed by atoms with Gasteiger partial charge in [-0.15, -0.1) is 0 Å². The number of hydrogen-bond acceptors (Lipinski definition) is 2. The van der Waals surface area contributed by atoms with E-state index in [0.717, 1.165) is 0 Å². The second kappa shape index (κ2) is 6.60. The molecule has 0 N–H and O–H groups in total. The van der Waals surface area contributed by atoms with E-state index in [-0.39, 0.29) is 0 Å². The van der Waals surface area contributed by atoms with Crippen LogP contribution in [0.15, 0.2) is 5.18 Å². The smallest absolute Gasteiger partial charge is 0.0700 e. The van der Waals surface area contributed by atoms with Crippen LogP contribution >= 0.6 is 0 Å². The van der Waals surface area contributed by atoms with Crippen molar-refractivity contribution in [2.75, 3.05) is 7.05 Å². The Kier molecular flexibility index (Phi) is 6.27. The molecule has 2 nitrogen and oxygen atoms in total. The van der Waals surface area contributed by atoms with Gasteiger partial charge in [0.1, 0.15) is 0 Å². The molecule has 1 rings (SSSR count). The van der Waals surface area contributed by atoms with Crippen LogP contribution in [0.1, 0.15) is 32.1 Å². The third-order valence-corrected chi connectivity index (χ3v) is 1.25. The highest BCUT2D eigenvalue weighted by molar-refractivity contribution is 4.51. The van der Waals surface area contributed by atoms with Crippen molar-refractivity contribution in [3.63, 3.8) is 0 Å². The maximum Gasteiger partial charge on any atom is 0.0700 e. The number of nitrogens with zero attached hydrogens (tertiary/aromatic N) is 1. The van der Waals surface area contributed by atoms with Gasteiger partial charge < -0.3 is 0 Å². The zero-order valence-corrected chi connectivity index (χ0v) is 5.39. The van der Waals surface area contributed by atoms with Crippen LogP contribution in [0.5, 0.6) is 0 Å². The summed E-state index contributed by atoms with van der Waals surface area (Å²) in [6, 6.07) is 0. The Balaban J connectivity index is 0.000000145. The molecule has 0 atom stereocenters. The average Bonchev–Trinajstić information content (AvgIpc) is 2.17. The second-order valence-corrected chi connectivity index (χ2v) is 1.95. The summed E-state index contributed by atoms with van der Waals surface area (Å²) in [6.07, 6.45) is 7.50. The molecule has 1 saturated carbocycles. The standard InChI is InChI=1S/C5H10.CH3NO/c1-2-4-5-3-1;1-2-3/h1-5H2;1H3. The van der Waals surface area contributed by atoms with E-state index in [1.54, 1.807) is 0 Å². The monoisotopic (exact) mass is 115 g/mol. The van der Waals surface area contributed by atoms with E-state index in [4.69, 9.17) is 4.91 Å². The van der Waals surface area contributed by atoms with E-state index in [1.807, 2.05) is 0 Å². The van der Waals surface area contributed by atoms with Crippen LogP contribution in [-0.4, -0.2) is 7.05 Å². The summed E-state index contributed by atoms with van der Waals surface area (Å²) in [6.45, 7) is 0. The molecule has 8 heavy (non-hydrogen) atoms. The van der Waals surface area contributed by atoms with Crippen molar-refractivity contribution in [1.29, 1.82) is 0 Å². The Morgan fingerprint density at radius 1 is 1.00 bits per heavy atom. The SMILES string of the molecule is C1CCCC1.CN=O. The number of rotatable bonds is 0. The van der Waals surface area contributed by atoms with Crippen molar-refractivity contribution in [3.8, 4) is 0 Å². The normalized spacial score (nSPS) is 16.6. The van der Waals surface area contributed by atoms with Gasteiger partial charge in [-0.2, -0.15) is 4.91 Å². The predicted octanol–water partition coefficient (Wildman–Crippen LogP) is 2.33. The summed E-state index contributed by atoms with van der Waals surface area (Å²) in [4.78, 5) is 8.56. The lowest BCUT2D eigenvalue weighted by atomic mass is 10.4. The molecule has 0 aromatic carbocycles. The number of hydrogen-bond donors (Lipinski definition) is 0. The van der Waals surface area contributed by atoms with Gasteiger partial charge in [0, 0.05) is 0 Å². The van der Waals surface area contributed by atoms with Crippen LogP contribution < -0.4 is 0 Å². The summed E-state index contributed by atoms with van der Waals surface area (Å²) in [7, 11) is 1.19. The maximum absolute atomic E-state index is 8.56. The fourth-order valence-electron chi connectivity index (χ4n) is 0.884. The molecule has 0 radical (unpaired) electrons. The lowest BCUT2D eigenvalue weighted by Gasteiger charge is -1.67. The first-order valence-corrected chi connectivity index (χ1v) is 3.13. The molecule has 0 aliphatic heterocycles. The van der Waals surface area contributed by atoms with E-state index in [0.29, 0.717) is 0 Å². The zero-order chi connectivity index (χ0) is 6.24. The Morgan fingerprint density at radius 3 is 1.25 bits per heavy atom. The van der Waals surface area contributed by atoms with E-state index in [1.165, 1.54) is 39.2 Å². The van der Waals surface area contributed by atoms with Crippen LogP contribution in [0.2, 0.25) is 0 Å². The minimum Gasteiger partial charge on any atom is -0.151 e. The molecule has 0 spiro atoms. The Bertz CT molecular complexity index is 42.9. The third-order valence-electron chi connectivity index (χ3n) is 1.25. The third kappa shape index (κ3) is 5.60. The lowest BCUT2D eigenvalue weighted by molar-refractivity contribution is 0.886. The van der Waals surface area contributed by atoms with Crippen molar-refractivity contribution < 1.29 is 0 Å². The van der Waals surface area contributed by atoms with Gasteiger partial charge in [-0.25, -0.2) is 0 Å². The highest BCUT2D eigenvalue weighted by Crippen LogP contribution is 2.15. The van der Waals surface area contributed by atoms with Gasteiger partial charge in [0.15, 0.2) is 0 Å². The zero-order valence-electron chi connectivity index (χ0n) is 5.39. The first-order chi connectivity index (χ1) is 3.91. The van der Waals surface area contributed by atoms with Crippen molar-refractivity contribution in [2.24, 2.45) is 5.18 Å². The minimum absolute atomic E-state index is 1.19. The molecule has 0 bridgehead atoms. The molecular weight excluding hydrogens is 102 g/mol. The fourth-order valence-corrected chi connectivity index (χ4v) is 0.884. The molecule has 0 heterocycles. The Labute approximate surface area is 50.3 Å². The molecule has 1 aliphatic rings. The molecule has 0 aromatic heterocycles. The van der Waals surface area contributed by atoms with Crippen molar-refractivity contribution >= 4 is 0 Å². The van der Waals surface area contributed by atoms with Crippen LogP contribution in [0, 0.1) is 4.91 Å². The minimum atomic E-state index is 1.19. The van der Waals surface area contributed by atoms with E-state index < -0.39 is 0 Å². The van der Waals surface area contributed by atoms with Crippen molar-refractivity contribution in [3.05, 3.63) is 4.91 Å². The van der Waals surface area contributed by atoms with Crippen LogP contribution in [0.4, 0.5) is 0 Å². The van der Waals surface area contributed by atoms with Gasteiger partial charge in [-0.1, -0.05) is 37.3 Å². The first kappa shape index (κ1) is 7.60.